The van der Waals surface area contributed by atoms with Crippen LogP contribution in [0.2, 0.25) is 0 Å². The fourth-order valence-corrected chi connectivity index (χ4v) is 5.22. The summed E-state index contributed by atoms with van der Waals surface area (Å²) in [5.41, 5.74) is 1.15. The highest BCUT2D eigenvalue weighted by Crippen LogP contribution is 2.40. The number of fused-ring (bicyclic) bond motifs is 1. The number of carbonyl (C=O) groups is 1. The third-order valence-electron chi connectivity index (χ3n) is 6.68. The number of amides is 1. The maximum absolute atomic E-state index is 13.1. The van der Waals surface area contributed by atoms with Gasteiger partial charge in [0.2, 0.25) is 5.91 Å². The lowest BCUT2D eigenvalue weighted by atomic mass is 9.72. The van der Waals surface area contributed by atoms with Gasteiger partial charge in [0, 0.05) is 25.0 Å². The van der Waals surface area contributed by atoms with Crippen molar-refractivity contribution in [2.45, 2.75) is 83.1 Å². The number of epoxide rings is 1. The number of likely N-dealkylation sites (tertiary alicyclic amines) is 1. The Kier molecular flexibility index (Phi) is 5.80. The molecule has 1 N–H and O–H groups in total. The zero-order valence-corrected chi connectivity index (χ0v) is 17.7. The summed E-state index contributed by atoms with van der Waals surface area (Å²) in [6.07, 6.45) is 7.88. The van der Waals surface area contributed by atoms with E-state index in [1.807, 2.05) is 0 Å². The van der Waals surface area contributed by atoms with Gasteiger partial charge in [0.05, 0.1) is 18.2 Å². The van der Waals surface area contributed by atoms with Crippen LogP contribution in [0.1, 0.15) is 58.4 Å². The van der Waals surface area contributed by atoms with E-state index in [2.05, 4.69) is 61.3 Å². The quantitative estimate of drug-likeness (QED) is 0.786. The third kappa shape index (κ3) is 4.96. The predicted octanol–water partition coefficient (Wildman–Crippen LogP) is 3.79. The van der Waals surface area contributed by atoms with Crippen LogP contribution in [0, 0.1) is 11.8 Å². The molecule has 28 heavy (non-hydrogen) atoms. The van der Waals surface area contributed by atoms with E-state index >= 15 is 0 Å². The molecule has 1 saturated carbocycles. The SMILES string of the molecule is CC(C)(C)NC(=O)[C@@H]1C[C@@H]2CCCC[C@@H]2CN1C[C@H]1O[C@@H]1Cc1ccccc1. The Balaban J connectivity index is 1.39. The fourth-order valence-electron chi connectivity index (χ4n) is 5.22. The predicted molar refractivity (Wildman–Crippen MR) is 112 cm³/mol. The average Bonchev–Trinajstić information content (AvgIpc) is 3.37. The Bertz CT molecular complexity index is 669. The Morgan fingerprint density at radius 2 is 1.82 bits per heavy atom. The van der Waals surface area contributed by atoms with Crippen LogP contribution < -0.4 is 5.32 Å². The van der Waals surface area contributed by atoms with Gasteiger partial charge in [-0.25, -0.2) is 0 Å². The minimum Gasteiger partial charge on any atom is -0.368 e. The van der Waals surface area contributed by atoms with Crippen molar-refractivity contribution in [1.29, 1.82) is 0 Å². The van der Waals surface area contributed by atoms with Crippen molar-refractivity contribution < 1.29 is 9.53 Å². The number of rotatable bonds is 5. The van der Waals surface area contributed by atoms with Crippen LogP contribution in [0.15, 0.2) is 30.3 Å². The highest BCUT2D eigenvalue weighted by molar-refractivity contribution is 5.82. The zero-order chi connectivity index (χ0) is 19.7. The van der Waals surface area contributed by atoms with E-state index in [0.29, 0.717) is 6.10 Å². The molecule has 0 unspecified atom stereocenters. The molecule has 0 spiro atoms. The topological polar surface area (TPSA) is 44.9 Å². The molecule has 3 aliphatic rings. The summed E-state index contributed by atoms with van der Waals surface area (Å²) in [5.74, 6) is 1.69. The molecule has 4 nitrogen and oxygen atoms in total. The lowest BCUT2D eigenvalue weighted by molar-refractivity contribution is -0.131. The summed E-state index contributed by atoms with van der Waals surface area (Å²) < 4.78 is 6.02. The summed E-state index contributed by atoms with van der Waals surface area (Å²) in [6, 6.07) is 10.6. The maximum atomic E-state index is 13.1. The highest BCUT2D eigenvalue weighted by Gasteiger charge is 2.45. The van der Waals surface area contributed by atoms with E-state index in [1.165, 1.54) is 31.2 Å². The van der Waals surface area contributed by atoms with Crippen LogP contribution in [-0.2, 0) is 16.0 Å². The van der Waals surface area contributed by atoms with Crippen molar-refractivity contribution in [3.05, 3.63) is 35.9 Å². The standard InChI is InChI=1S/C24H36N2O2/c1-24(2,3)25-23(27)20-14-18-11-7-8-12-19(18)15-26(20)16-22-21(28-22)13-17-9-5-4-6-10-17/h4-6,9-10,18-22H,7-8,11-16H2,1-3H3,(H,25,27)/t18-,19+,20-,21+,22+/m0/s1. The fraction of sp³-hybridized carbons (Fsp3) is 0.708. The van der Waals surface area contributed by atoms with Gasteiger partial charge in [0.1, 0.15) is 0 Å². The third-order valence-corrected chi connectivity index (χ3v) is 6.68. The first-order chi connectivity index (χ1) is 13.4. The first-order valence-corrected chi connectivity index (χ1v) is 11.1. The van der Waals surface area contributed by atoms with Crippen LogP contribution in [0.5, 0.6) is 0 Å². The van der Waals surface area contributed by atoms with Gasteiger partial charge < -0.3 is 10.1 Å². The first kappa shape index (κ1) is 19.9. The number of hydrogen-bond acceptors (Lipinski definition) is 3. The van der Waals surface area contributed by atoms with E-state index in [4.69, 9.17) is 4.74 Å². The Hall–Kier alpha value is -1.39. The lowest BCUT2D eigenvalue weighted by Crippen LogP contribution is -2.58. The molecule has 1 amide bonds. The average molecular weight is 385 g/mol. The van der Waals surface area contributed by atoms with Gasteiger partial charge in [-0.05, 0) is 51.0 Å². The van der Waals surface area contributed by atoms with Gasteiger partial charge >= 0.3 is 0 Å². The molecular formula is C24H36N2O2. The van der Waals surface area contributed by atoms with Crippen LogP contribution in [0.4, 0.5) is 0 Å². The van der Waals surface area contributed by atoms with Crippen molar-refractivity contribution in [3.63, 3.8) is 0 Å². The van der Waals surface area contributed by atoms with Gasteiger partial charge in [0.25, 0.3) is 0 Å². The molecule has 4 rings (SSSR count). The molecule has 0 aromatic heterocycles. The first-order valence-electron chi connectivity index (χ1n) is 11.1. The summed E-state index contributed by atoms with van der Waals surface area (Å²) in [7, 11) is 0. The van der Waals surface area contributed by atoms with Gasteiger partial charge in [-0.15, -0.1) is 0 Å². The number of ether oxygens (including phenoxy) is 1. The molecular weight excluding hydrogens is 348 g/mol. The highest BCUT2D eigenvalue weighted by atomic mass is 16.6. The Morgan fingerprint density at radius 3 is 2.54 bits per heavy atom. The van der Waals surface area contributed by atoms with Crippen molar-refractivity contribution in [3.8, 4) is 0 Å². The van der Waals surface area contributed by atoms with Crippen LogP contribution in [0.3, 0.4) is 0 Å². The summed E-state index contributed by atoms with van der Waals surface area (Å²) in [4.78, 5) is 15.5. The molecule has 2 saturated heterocycles. The molecule has 1 aromatic rings. The largest absolute Gasteiger partial charge is 0.368 e. The molecule has 154 valence electrons. The van der Waals surface area contributed by atoms with Gasteiger partial charge in [-0.3, -0.25) is 9.69 Å². The second-order valence-corrected chi connectivity index (χ2v) is 10.2. The summed E-state index contributed by atoms with van der Waals surface area (Å²) in [6.45, 7) is 8.16. The number of piperidine rings is 1. The van der Waals surface area contributed by atoms with Crippen LogP contribution in [-0.4, -0.2) is 47.7 Å². The Labute approximate surface area is 170 Å². The van der Waals surface area contributed by atoms with E-state index in [9.17, 15) is 4.79 Å². The van der Waals surface area contributed by atoms with Crippen molar-refractivity contribution in [1.82, 2.24) is 10.2 Å². The van der Waals surface area contributed by atoms with E-state index in [-0.39, 0.29) is 23.6 Å². The minimum atomic E-state index is -0.182. The minimum absolute atomic E-state index is 0.000139. The van der Waals surface area contributed by atoms with Gasteiger partial charge in [0.15, 0.2) is 0 Å². The summed E-state index contributed by atoms with van der Waals surface area (Å²) >= 11 is 0. The van der Waals surface area contributed by atoms with Gasteiger partial charge in [-0.2, -0.15) is 0 Å². The van der Waals surface area contributed by atoms with Crippen LogP contribution in [0.25, 0.3) is 0 Å². The molecule has 2 aliphatic heterocycles. The lowest BCUT2D eigenvalue weighted by Gasteiger charge is -2.46. The summed E-state index contributed by atoms with van der Waals surface area (Å²) in [5, 5.41) is 3.24. The molecule has 0 bridgehead atoms. The van der Waals surface area contributed by atoms with E-state index < -0.39 is 0 Å². The maximum Gasteiger partial charge on any atom is 0.237 e. The van der Waals surface area contributed by atoms with E-state index in [0.717, 1.165) is 37.8 Å². The number of hydrogen-bond donors (Lipinski definition) is 1. The van der Waals surface area contributed by atoms with Crippen molar-refractivity contribution in [2.24, 2.45) is 11.8 Å². The monoisotopic (exact) mass is 384 g/mol. The zero-order valence-electron chi connectivity index (χ0n) is 17.7. The van der Waals surface area contributed by atoms with Gasteiger partial charge in [-0.1, -0.05) is 49.6 Å². The normalized spacial score (nSPS) is 33.2. The number of nitrogens with zero attached hydrogens (tertiary/aromatic N) is 1. The van der Waals surface area contributed by atoms with Crippen LogP contribution >= 0.6 is 0 Å². The number of nitrogens with one attached hydrogen (secondary N) is 1. The smallest absolute Gasteiger partial charge is 0.237 e. The molecule has 1 aliphatic carbocycles. The Morgan fingerprint density at radius 1 is 1.11 bits per heavy atom. The molecule has 4 heteroatoms. The molecule has 5 atom stereocenters. The molecule has 2 heterocycles. The van der Waals surface area contributed by atoms with E-state index in [1.54, 1.807) is 0 Å². The number of carbonyl (C=O) groups excluding carboxylic acids is 1. The second-order valence-electron chi connectivity index (χ2n) is 10.2. The van der Waals surface area contributed by atoms with Crippen molar-refractivity contribution >= 4 is 5.91 Å². The van der Waals surface area contributed by atoms with Crippen molar-refractivity contribution in [2.75, 3.05) is 13.1 Å². The molecule has 1 aromatic carbocycles. The number of benzene rings is 1. The second kappa shape index (κ2) is 8.16. The molecule has 3 fully saturated rings. The molecule has 0 radical (unpaired) electrons.